The number of nitrogens with one attached hydrogen (secondary N) is 2. The lowest BCUT2D eigenvalue weighted by molar-refractivity contribution is -0.343. The molecule has 3 aliphatic rings. The second-order valence-corrected chi connectivity index (χ2v) is 8.24. The van der Waals surface area contributed by atoms with Crippen LogP contribution in [0.4, 0.5) is 10.1 Å². The first-order valence-corrected chi connectivity index (χ1v) is 9.68. The van der Waals surface area contributed by atoms with Crippen LogP contribution in [-0.2, 0) is 9.47 Å². The Kier molecular flexibility index (Phi) is 4.47. The molecular weight excluding hydrogens is 343 g/mol. The molecule has 0 amide bonds. The largest absolute Gasteiger partial charge is 0.355 e. The van der Waals surface area contributed by atoms with Crippen LogP contribution in [0, 0.1) is 16.6 Å². The van der Waals surface area contributed by atoms with Crippen molar-refractivity contribution in [1.29, 1.82) is 5.41 Å². The molecular formula is C22H27FN2O2. The van der Waals surface area contributed by atoms with E-state index in [4.69, 9.17) is 14.9 Å². The lowest BCUT2D eigenvalue weighted by Crippen LogP contribution is -2.55. The smallest absolute Gasteiger partial charge is 0.178 e. The van der Waals surface area contributed by atoms with E-state index in [-0.39, 0.29) is 23.4 Å². The predicted molar refractivity (Wildman–Crippen MR) is 104 cm³/mol. The van der Waals surface area contributed by atoms with Crippen LogP contribution in [-0.4, -0.2) is 24.2 Å². The number of hydrogen-bond acceptors (Lipinski definition) is 4. The third-order valence-corrected chi connectivity index (χ3v) is 6.23. The van der Waals surface area contributed by atoms with Gasteiger partial charge in [0.2, 0.25) is 0 Å². The normalized spacial score (nSPS) is 35.8. The van der Waals surface area contributed by atoms with E-state index in [0.29, 0.717) is 6.42 Å². The fourth-order valence-corrected chi connectivity index (χ4v) is 4.87. The summed E-state index contributed by atoms with van der Waals surface area (Å²) in [5.74, 6) is -0.880. The van der Waals surface area contributed by atoms with Crippen molar-refractivity contribution in [3.63, 3.8) is 0 Å². The van der Waals surface area contributed by atoms with E-state index < -0.39 is 5.79 Å². The van der Waals surface area contributed by atoms with Crippen LogP contribution in [0.5, 0.6) is 0 Å². The molecule has 0 bridgehead atoms. The molecule has 4 nitrogen and oxygen atoms in total. The average Bonchev–Trinajstić information content (AvgIpc) is 2.87. The zero-order valence-electron chi connectivity index (χ0n) is 16.1. The van der Waals surface area contributed by atoms with Gasteiger partial charge in [0, 0.05) is 29.4 Å². The minimum atomic E-state index is -0.619. The Morgan fingerprint density at radius 1 is 1.19 bits per heavy atom. The molecule has 1 aliphatic heterocycles. The summed E-state index contributed by atoms with van der Waals surface area (Å²) < 4.78 is 26.0. The minimum absolute atomic E-state index is 0.163. The number of ether oxygens (including phenoxy) is 2. The number of hydrogen-bond donors (Lipinski definition) is 2. The van der Waals surface area contributed by atoms with E-state index in [2.05, 4.69) is 32.2 Å². The molecule has 1 aromatic carbocycles. The zero-order valence-corrected chi connectivity index (χ0v) is 16.1. The summed E-state index contributed by atoms with van der Waals surface area (Å²) in [5, 5.41) is 11.3. The maximum atomic E-state index is 13.2. The molecule has 0 radical (unpaired) electrons. The van der Waals surface area contributed by atoms with Crippen LogP contribution >= 0.6 is 0 Å². The topological polar surface area (TPSA) is 54.3 Å². The second-order valence-electron chi connectivity index (χ2n) is 8.24. The highest BCUT2D eigenvalue weighted by molar-refractivity contribution is 5.81. The predicted octanol–water partition coefficient (Wildman–Crippen LogP) is 5.18. The first-order chi connectivity index (χ1) is 12.8. The highest BCUT2D eigenvalue weighted by atomic mass is 19.1. The lowest BCUT2D eigenvalue weighted by Gasteiger charge is -2.50. The molecule has 1 heterocycles. The van der Waals surface area contributed by atoms with Crippen LogP contribution in [0.3, 0.4) is 0 Å². The monoisotopic (exact) mass is 370 g/mol. The van der Waals surface area contributed by atoms with Gasteiger partial charge < -0.3 is 20.2 Å². The van der Waals surface area contributed by atoms with Gasteiger partial charge in [-0.1, -0.05) is 12.5 Å². The molecule has 1 unspecified atom stereocenters. The number of fused-ring (bicyclic) bond motifs is 2. The maximum absolute atomic E-state index is 13.2. The highest BCUT2D eigenvalue weighted by Gasteiger charge is 2.60. The molecule has 2 N–H and O–H groups in total. The van der Waals surface area contributed by atoms with Gasteiger partial charge in [0.15, 0.2) is 5.79 Å². The fraction of sp³-hybridized carbons (Fsp3) is 0.500. The first-order valence-electron chi connectivity index (χ1n) is 9.68. The van der Waals surface area contributed by atoms with Gasteiger partial charge in [0.1, 0.15) is 5.82 Å². The van der Waals surface area contributed by atoms with Gasteiger partial charge in [-0.25, -0.2) is 4.39 Å². The molecule has 5 heteroatoms. The van der Waals surface area contributed by atoms with E-state index in [1.165, 1.54) is 23.9 Å². The van der Waals surface area contributed by atoms with E-state index in [9.17, 15) is 4.39 Å². The third kappa shape index (κ3) is 3.03. The van der Waals surface area contributed by atoms with Gasteiger partial charge in [0.25, 0.3) is 0 Å². The van der Waals surface area contributed by atoms with Crippen LogP contribution in [0.1, 0.15) is 46.5 Å². The SMILES string of the molecule is C[C@@H]1C[C@H](C)OC2(CCC3=CC(Nc4ccc(F)cc4)=C(C=N)C[C@@]32C)O1. The summed E-state index contributed by atoms with van der Waals surface area (Å²) in [6, 6.07) is 6.29. The van der Waals surface area contributed by atoms with E-state index in [1.54, 1.807) is 12.1 Å². The highest BCUT2D eigenvalue weighted by Crippen LogP contribution is 2.60. The molecule has 0 aromatic heterocycles. The van der Waals surface area contributed by atoms with Crippen molar-refractivity contribution in [3.8, 4) is 0 Å². The van der Waals surface area contributed by atoms with Crippen LogP contribution in [0.2, 0.25) is 0 Å². The van der Waals surface area contributed by atoms with Gasteiger partial charge in [-0.2, -0.15) is 0 Å². The van der Waals surface area contributed by atoms with Crippen molar-refractivity contribution in [3.05, 3.63) is 53.0 Å². The third-order valence-electron chi connectivity index (χ3n) is 6.23. The van der Waals surface area contributed by atoms with Crippen LogP contribution in [0.25, 0.3) is 0 Å². The van der Waals surface area contributed by atoms with Gasteiger partial charge in [-0.3, -0.25) is 0 Å². The number of halogens is 1. The Balaban J connectivity index is 1.66. The Morgan fingerprint density at radius 3 is 2.48 bits per heavy atom. The molecule has 1 saturated carbocycles. The summed E-state index contributed by atoms with van der Waals surface area (Å²) in [6.45, 7) is 6.43. The standard InChI is InChI=1S/C22H27FN2O2/c1-14-10-15(2)27-22(26-14)9-8-17-11-20(16(13-24)12-21(17,22)3)25-19-6-4-18(23)5-7-19/h4-7,11,13-15,24-25H,8-10,12H2,1-3H3/t14-,15+,21-,22?/m0/s1. The van der Waals surface area contributed by atoms with E-state index in [1.807, 2.05) is 0 Å². The average molecular weight is 370 g/mol. The number of benzene rings is 1. The van der Waals surface area contributed by atoms with Crippen molar-refractivity contribution < 1.29 is 13.9 Å². The molecule has 1 saturated heterocycles. The van der Waals surface area contributed by atoms with E-state index >= 15 is 0 Å². The van der Waals surface area contributed by atoms with Crippen LogP contribution < -0.4 is 5.32 Å². The Bertz CT molecular complexity index is 804. The summed E-state index contributed by atoms with van der Waals surface area (Å²) in [7, 11) is 0. The molecule has 144 valence electrons. The molecule has 4 rings (SSSR count). The maximum Gasteiger partial charge on any atom is 0.178 e. The van der Waals surface area contributed by atoms with Gasteiger partial charge >= 0.3 is 0 Å². The van der Waals surface area contributed by atoms with E-state index in [0.717, 1.165) is 36.2 Å². The minimum Gasteiger partial charge on any atom is -0.355 e. The summed E-state index contributed by atoms with van der Waals surface area (Å²) in [5.41, 5.74) is 3.63. The molecule has 1 aromatic rings. The van der Waals surface area contributed by atoms with Gasteiger partial charge in [0.05, 0.1) is 12.2 Å². The van der Waals surface area contributed by atoms with Crippen molar-refractivity contribution in [2.45, 2.75) is 64.4 Å². The van der Waals surface area contributed by atoms with Crippen molar-refractivity contribution >= 4 is 11.9 Å². The van der Waals surface area contributed by atoms with Gasteiger partial charge in [-0.15, -0.1) is 0 Å². The summed E-state index contributed by atoms with van der Waals surface area (Å²) >= 11 is 0. The molecule has 2 fully saturated rings. The molecule has 27 heavy (non-hydrogen) atoms. The van der Waals surface area contributed by atoms with Gasteiger partial charge in [-0.05, 0) is 69.0 Å². The molecule has 4 atom stereocenters. The zero-order chi connectivity index (χ0) is 19.2. The number of rotatable bonds is 3. The Labute approximate surface area is 160 Å². The molecule has 2 aliphatic carbocycles. The van der Waals surface area contributed by atoms with Crippen molar-refractivity contribution in [1.82, 2.24) is 0 Å². The number of allylic oxidation sites excluding steroid dienone is 2. The summed E-state index contributed by atoms with van der Waals surface area (Å²) in [6.07, 6.45) is 7.21. The number of anilines is 1. The van der Waals surface area contributed by atoms with Crippen molar-refractivity contribution in [2.75, 3.05) is 5.32 Å². The Hall–Kier alpha value is -1.98. The quantitative estimate of drug-likeness (QED) is 0.721. The van der Waals surface area contributed by atoms with Crippen molar-refractivity contribution in [2.24, 2.45) is 5.41 Å². The van der Waals surface area contributed by atoms with Crippen LogP contribution in [0.15, 0.2) is 47.2 Å². The lowest BCUT2D eigenvalue weighted by atomic mass is 9.71. The molecule has 1 spiro atoms. The first kappa shape index (κ1) is 18.4. The fourth-order valence-electron chi connectivity index (χ4n) is 4.87. The second kappa shape index (κ2) is 6.57. The summed E-state index contributed by atoms with van der Waals surface area (Å²) in [4.78, 5) is 0. The Morgan fingerprint density at radius 2 is 1.85 bits per heavy atom.